The van der Waals surface area contributed by atoms with Crippen LogP contribution in [-0.4, -0.2) is 74.2 Å². The van der Waals surface area contributed by atoms with Crippen LogP contribution >= 0.6 is 15.9 Å². The Hall–Kier alpha value is -0.960. The van der Waals surface area contributed by atoms with Crippen LogP contribution in [0, 0.1) is 0 Å². The number of likely N-dealkylation sites (N-methyl/N-ethyl adjacent to an activating group) is 1. The lowest BCUT2D eigenvalue weighted by Crippen LogP contribution is -2.53. The molecule has 1 heterocycles. The molecule has 0 N–H and O–H groups in total. The van der Waals surface area contributed by atoms with E-state index in [4.69, 9.17) is 0 Å². The summed E-state index contributed by atoms with van der Waals surface area (Å²) in [5.41, 5.74) is 0. The molecule has 26 heavy (non-hydrogen) atoms. The van der Waals surface area contributed by atoms with Crippen LogP contribution in [0.4, 0.5) is 0 Å². The van der Waals surface area contributed by atoms with Crippen molar-refractivity contribution < 1.29 is 13.2 Å². The van der Waals surface area contributed by atoms with Gasteiger partial charge in [-0.15, -0.1) is 0 Å². The Morgan fingerprint density at radius 1 is 1.12 bits per heavy atom. The van der Waals surface area contributed by atoms with Gasteiger partial charge in [-0.2, -0.15) is 4.31 Å². The largest absolute Gasteiger partial charge is 0.339 e. The molecule has 0 aromatic heterocycles. The number of carbonyl (C=O) groups is 1. The van der Waals surface area contributed by atoms with Gasteiger partial charge in [0.1, 0.15) is 0 Å². The van der Waals surface area contributed by atoms with Crippen molar-refractivity contribution in [3.63, 3.8) is 0 Å². The fourth-order valence-electron chi connectivity index (χ4n) is 3.77. The normalized spacial score (nSPS) is 20.0. The van der Waals surface area contributed by atoms with Crippen LogP contribution in [0.1, 0.15) is 25.7 Å². The van der Waals surface area contributed by atoms with Crippen LogP contribution in [0.25, 0.3) is 0 Å². The van der Waals surface area contributed by atoms with E-state index in [0.29, 0.717) is 19.1 Å². The van der Waals surface area contributed by atoms with Gasteiger partial charge in [0.25, 0.3) is 0 Å². The summed E-state index contributed by atoms with van der Waals surface area (Å²) in [7, 11) is -2.20. The Morgan fingerprint density at radius 3 is 2.27 bits per heavy atom. The third kappa shape index (κ3) is 4.47. The molecule has 0 radical (unpaired) electrons. The van der Waals surface area contributed by atoms with Crippen LogP contribution < -0.4 is 0 Å². The van der Waals surface area contributed by atoms with E-state index >= 15 is 0 Å². The maximum atomic E-state index is 12.6. The molecular weight excluding hydrogens is 418 g/mol. The zero-order valence-corrected chi connectivity index (χ0v) is 17.5. The van der Waals surface area contributed by atoms with Gasteiger partial charge in [0.15, 0.2) is 0 Å². The molecule has 1 aromatic carbocycles. The van der Waals surface area contributed by atoms with E-state index in [-0.39, 0.29) is 17.3 Å². The molecular formula is C18H26BrN3O3S. The minimum Gasteiger partial charge on any atom is -0.339 e. The highest BCUT2D eigenvalue weighted by atomic mass is 79.9. The van der Waals surface area contributed by atoms with E-state index in [1.165, 1.54) is 32.7 Å². The Balaban J connectivity index is 1.55. The molecule has 144 valence electrons. The third-order valence-electron chi connectivity index (χ3n) is 5.39. The second-order valence-electron chi connectivity index (χ2n) is 7.07. The first kappa shape index (κ1) is 19.8. The first-order valence-corrected chi connectivity index (χ1v) is 11.3. The molecule has 1 amide bonds. The van der Waals surface area contributed by atoms with Gasteiger partial charge in [0.05, 0.1) is 11.4 Å². The van der Waals surface area contributed by atoms with Crippen LogP contribution in [0.15, 0.2) is 33.6 Å². The molecule has 1 saturated heterocycles. The number of carbonyl (C=O) groups excluding carboxylic acids is 1. The Morgan fingerprint density at radius 2 is 1.69 bits per heavy atom. The van der Waals surface area contributed by atoms with Gasteiger partial charge in [-0.1, -0.05) is 28.8 Å². The Kier molecular flexibility index (Phi) is 6.37. The van der Waals surface area contributed by atoms with E-state index in [9.17, 15) is 13.2 Å². The van der Waals surface area contributed by atoms with Gasteiger partial charge in [-0.05, 0) is 37.1 Å². The second-order valence-corrected chi connectivity index (χ2v) is 10.0. The van der Waals surface area contributed by atoms with Crippen LogP contribution in [0.2, 0.25) is 0 Å². The maximum Gasteiger partial charge on any atom is 0.243 e. The highest BCUT2D eigenvalue weighted by molar-refractivity contribution is 9.10. The fourth-order valence-corrected chi connectivity index (χ4v) is 5.15. The van der Waals surface area contributed by atoms with Gasteiger partial charge in [-0.25, -0.2) is 8.42 Å². The predicted octanol–water partition coefficient (Wildman–Crippen LogP) is 2.16. The molecule has 1 aliphatic carbocycles. The molecule has 1 aromatic rings. The Bertz CT molecular complexity index is 725. The molecule has 1 aliphatic heterocycles. The standard InChI is InChI=1S/C18H26BrN3O3S/c1-20(26(24,25)17-8-6-15(19)7-9-17)14-18(23)22-12-10-21(11-13-22)16-4-2-3-5-16/h6-9,16H,2-5,10-14H2,1H3. The van der Waals surface area contributed by atoms with Gasteiger partial charge in [0.2, 0.25) is 15.9 Å². The van der Waals surface area contributed by atoms with Crippen molar-refractivity contribution in [3.8, 4) is 0 Å². The molecule has 0 spiro atoms. The third-order valence-corrected chi connectivity index (χ3v) is 7.73. The molecule has 1 saturated carbocycles. The summed E-state index contributed by atoms with van der Waals surface area (Å²) in [5, 5.41) is 0. The first-order chi connectivity index (χ1) is 12.4. The minimum atomic E-state index is -3.66. The quantitative estimate of drug-likeness (QED) is 0.699. The highest BCUT2D eigenvalue weighted by Gasteiger charge is 2.30. The van der Waals surface area contributed by atoms with Crippen LogP contribution in [0.3, 0.4) is 0 Å². The molecule has 8 heteroatoms. The number of amides is 1. The topological polar surface area (TPSA) is 60.9 Å². The Labute approximate surface area is 164 Å². The highest BCUT2D eigenvalue weighted by Crippen LogP contribution is 2.24. The van der Waals surface area contributed by atoms with E-state index in [1.54, 1.807) is 29.2 Å². The number of benzene rings is 1. The summed E-state index contributed by atoms with van der Waals surface area (Å²) in [4.78, 5) is 17.0. The lowest BCUT2D eigenvalue weighted by Gasteiger charge is -2.38. The summed E-state index contributed by atoms with van der Waals surface area (Å²) in [6.45, 7) is 3.02. The monoisotopic (exact) mass is 443 g/mol. The SMILES string of the molecule is CN(CC(=O)N1CCN(C2CCCC2)CC1)S(=O)(=O)c1ccc(Br)cc1. The first-order valence-electron chi connectivity index (χ1n) is 9.11. The zero-order chi connectivity index (χ0) is 18.7. The number of halogens is 1. The van der Waals surface area contributed by atoms with Crippen molar-refractivity contribution >= 4 is 31.9 Å². The summed E-state index contributed by atoms with van der Waals surface area (Å²) in [6.07, 6.45) is 5.15. The van der Waals surface area contributed by atoms with Crippen molar-refractivity contribution in [3.05, 3.63) is 28.7 Å². The number of sulfonamides is 1. The van der Waals surface area contributed by atoms with Gasteiger partial charge >= 0.3 is 0 Å². The van der Waals surface area contributed by atoms with Crippen LogP contribution in [0.5, 0.6) is 0 Å². The lowest BCUT2D eigenvalue weighted by atomic mass is 10.2. The molecule has 3 rings (SSSR count). The van der Waals surface area contributed by atoms with Crippen LogP contribution in [-0.2, 0) is 14.8 Å². The molecule has 6 nitrogen and oxygen atoms in total. The summed E-state index contributed by atoms with van der Waals surface area (Å²) in [6, 6.07) is 7.13. The van der Waals surface area contributed by atoms with Crippen molar-refractivity contribution in [1.29, 1.82) is 0 Å². The summed E-state index contributed by atoms with van der Waals surface area (Å²) >= 11 is 3.30. The van der Waals surface area contributed by atoms with Crippen molar-refractivity contribution in [2.75, 3.05) is 39.8 Å². The van der Waals surface area contributed by atoms with Gasteiger partial charge < -0.3 is 4.90 Å². The number of piperazine rings is 1. The number of nitrogens with zero attached hydrogens (tertiary/aromatic N) is 3. The van der Waals surface area contributed by atoms with Gasteiger partial charge in [0, 0.05) is 43.7 Å². The number of hydrogen-bond acceptors (Lipinski definition) is 4. The lowest BCUT2D eigenvalue weighted by molar-refractivity contribution is -0.133. The predicted molar refractivity (Wildman–Crippen MR) is 104 cm³/mol. The zero-order valence-electron chi connectivity index (χ0n) is 15.1. The van der Waals surface area contributed by atoms with E-state index in [1.807, 2.05) is 0 Å². The van der Waals surface area contributed by atoms with Crippen molar-refractivity contribution in [1.82, 2.24) is 14.1 Å². The van der Waals surface area contributed by atoms with Crippen molar-refractivity contribution in [2.45, 2.75) is 36.6 Å². The van der Waals surface area contributed by atoms with Gasteiger partial charge in [-0.3, -0.25) is 9.69 Å². The molecule has 0 bridgehead atoms. The summed E-state index contributed by atoms with van der Waals surface area (Å²) < 4.78 is 27.2. The average molecular weight is 444 g/mol. The minimum absolute atomic E-state index is 0.123. The molecule has 0 unspecified atom stereocenters. The molecule has 2 aliphatic rings. The van der Waals surface area contributed by atoms with E-state index in [2.05, 4.69) is 20.8 Å². The average Bonchev–Trinajstić information content (AvgIpc) is 3.17. The number of rotatable bonds is 5. The number of hydrogen-bond donors (Lipinski definition) is 0. The van der Waals surface area contributed by atoms with E-state index < -0.39 is 10.0 Å². The molecule has 0 atom stereocenters. The second kappa shape index (κ2) is 8.37. The maximum absolute atomic E-state index is 12.6. The van der Waals surface area contributed by atoms with Crippen molar-refractivity contribution in [2.24, 2.45) is 0 Å². The smallest absolute Gasteiger partial charge is 0.243 e. The molecule has 2 fully saturated rings. The summed E-state index contributed by atoms with van der Waals surface area (Å²) in [5.74, 6) is -0.126. The fraction of sp³-hybridized carbons (Fsp3) is 0.611. The van der Waals surface area contributed by atoms with E-state index in [0.717, 1.165) is 21.9 Å².